The van der Waals surface area contributed by atoms with Crippen LogP contribution in [0.1, 0.15) is 56.3 Å². The molecule has 0 aromatic carbocycles. The summed E-state index contributed by atoms with van der Waals surface area (Å²) >= 11 is 1.95. The van der Waals surface area contributed by atoms with Crippen LogP contribution in [0.3, 0.4) is 0 Å². The minimum atomic E-state index is 0.505. The summed E-state index contributed by atoms with van der Waals surface area (Å²) in [6, 6.07) is 5.04. The van der Waals surface area contributed by atoms with Crippen LogP contribution >= 0.6 is 11.3 Å². The first kappa shape index (κ1) is 13.7. The van der Waals surface area contributed by atoms with E-state index in [1.807, 2.05) is 11.3 Å². The quantitative estimate of drug-likeness (QED) is 0.744. The Morgan fingerprint density at radius 2 is 1.88 bits per heavy atom. The molecule has 1 aromatic heterocycles. The van der Waals surface area contributed by atoms with Crippen LogP contribution < -0.4 is 5.32 Å². The Hall–Kier alpha value is -0.340. The van der Waals surface area contributed by atoms with Gasteiger partial charge in [0.25, 0.3) is 0 Å². The second-order valence-corrected chi connectivity index (χ2v) is 5.67. The summed E-state index contributed by atoms with van der Waals surface area (Å²) in [5.41, 5.74) is 0. The van der Waals surface area contributed by atoms with Crippen molar-refractivity contribution < 1.29 is 0 Å². The minimum Gasteiger partial charge on any atom is -0.309 e. The summed E-state index contributed by atoms with van der Waals surface area (Å²) in [6.07, 6.45) is 3.71. The summed E-state index contributed by atoms with van der Waals surface area (Å²) in [5.74, 6) is 0.827. The van der Waals surface area contributed by atoms with Gasteiger partial charge in [-0.25, -0.2) is 0 Å². The topological polar surface area (TPSA) is 12.0 Å². The summed E-state index contributed by atoms with van der Waals surface area (Å²) in [7, 11) is 0. The lowest BCUT2D eigenvalue weighted by molar-refractivity contribution is 0.424. The molecular weight excluding hydrogens is 214 g/mol. The van der Waals surface area contributed by atoms with Gasteiger partial charge in [0, 0.05) is 15.8 Å². The first-order valence-corrected chi connectivity index (χ1v) is 7.34. The first-order chi connectivity index (χ1) is 7.71. The van der Waals surface area contributed by atoms with Crippen LogP contribution in [-0.2, 0) is 6.42 Å². The highest BCUT2D eigenvalue weighted by atomic mass is 32.1. The summed E-state index contributed by atoms with van der Waals surface area (Å²) in [5, 5.41) is 3.65. The Morgan fingerprint density at radius 1 is 1.19 bits per heavy atom. The zero-order valence-corrected chi connectivity index (χ0v) is 11.9. The van der Waals surface area contributed by atoms with E-state index in [0.717, 1.165) is 18.9 Å². The molecule has 0 saturated carbocycles. The molecule has 0 bridgehead atoms. The van der Waals surface area contributed by atoms with Gasteiger partial charge in [-0.2, -0.15) is 0 Å². The van der Waals surface area contributed by atoms with Crippen molar-refractivity contribution in [2.75, 3.05) is 6.54 Å². The lowest BCUT2D eigenvalue weighted by atomic mass is 10.0. The molecule has 0 radical (unpaired) electrons. The minimum absolute atomic E-state index is 0.505. The molecule has 0 aliphatic heterocycles. The number of hydrogen-bond acceptors (Lipinski definition) is 2. The molecule has 92 valence electrons. The fourth-order valence-electron chi connectivity index (χ4n) is 1.84. The van der Waals surface area contributed by atoms with Crippen LogP contribution in [0.15, 0.2) is 12.1 Å². The van der Waals surface area contributed by atoms with Crippen LogP contribution in [0.2, 0.25) is 0 Å². The third kappa shape index (κ3) is 3.91. The molecule has 1 heterocycles. The fraction of sp³-hybridized carbons (Fsp3) is 0.714. The monoisotopic (exact) mass is 239 g/mol. The van der Waals surface area contributed by atoms with Crippen molar-refractivity contribution in [1.82, 2.24) is 5.32 Å². The van der Waals surface area contributed by atoms with E-state index in [9.17, 15) is 0 Å². The second-order valence-electron chi connectivity index (χ2n) is 4.47. The molecule has 1 N–H and O–H groups in total. The van der Waals surface area contributed by atoms with E-state index in [0.29, 0.717) is 6.04 Å². The van der Waals surface area contributed by atoms with E-state index in [4.69, 9.17) is 0 Å². The van der Waals surface area contributed by atoms with Crippen LogP contribution in [-0.4, -0.2) is 6.54 Å². The van der Waals surface area contributed by atoms with Crippen LogP contribution in [0.5, 0.6) is 0 Å². The van der Waals surface area contributed by atoms with Gasteiger partial charge in [-0.15, -0.1) is 11.3 Å². The normalized spacial score (nSPS) is 13.3. The number of hydrogen-bond donors (Lipinski definition) is 1. The third-order valence-electron chi connectivity index (χ3n) is 3.33. The molecule has 0 saturated heterocycles. The molecule has 16 heavy (non-hydrogen) atoms. The number of rotatable bonds is 7. The lowest BCUT2D eigenvalue weighted by Crippen LogP contribution is -2.24. The largest absolute Gasteiger partial charge is 0.309 e. The molecule has 0 aliphatic rings. The standard InChI is InChI=1S/C14H25NS/c1-5-12(6-2)10-15-11(4)14-9-8-13(7-3)16-14/h8-9,11-12,15H,5-7,10H2,1-4H3. The van der Waals surface area contributed by atoms with E-state index < -0.39 is 0 Å². The van der Waals surface area contributed by atoms with Crippen molar-refractivity contribution in [2.24, 2.45) is 5.92 Å². The molecule has 0 fully saturated rings. The van der Waals surface area contributed by atoms with Gasteiger partial charge in [-0.1, -0.05) is 33.6 Å². The van der Waals surface area contributed by atoms with Gasteiger partial charge in [0.05, 0.1) is 0 Å². The Morgan fingerprint density at radius 3 is 2.38 bits per heavy atom. The Labute approximate surface area is 104 Å². The maximum absolute atomic E-state index is 3.65. The Bertz CT molecular complexity index is 289. The molecule has 1 aromatic rings. The molecule has 1 atom stereocenters. The van der Waals surface area contributed by atoms with Crippen LogP contribution in [0.25, 0.3) is 0 Å². The SMILES string of the molecule is CCc1ccc(C(C)NCC(CC)CC)s1. The van der Waals surface area contributed by atoms with E-state index in [-0.39, 0.29) is 0 Å². The summed E-state index contributed by atoms with van der Waals surface area (Å²) < 4.78 is 0. The maximum Gasteiger partial charge on any atom is 0.0386 e. The highest BCUT2D eigenvalue weighted by molar-refractivity contribution is 7.12. The molecular formula is C14H25NS. The molecule has 1 rings (SSSR count). The zero-order chi connectivity index (χ0) is 12.0. The molecule has 1 nitrogen and oxygen atoms in total. The average molecular weight is 239 g/mol. The molecule has 0 spiro atoms. The Balaban J connectivity index is 2.42. The van der Waals surface area contributed by atoms with Gasteiger partial charge in [0.15, 0.2) is 0 Å². The van der Waals surface area contributed by atoms with Gasteiger partial charge in [0.1, 0.15) is 0 Å². The lowest BCUT2D eigenvalue weighted by Gasteiger charge is -2.17. The number of nitrogens with one attached hydrogen (secondary N) is 1. The van der Waals surface area contributed by atoms with Crippen molar-refractivity contribution in [2.45, 2.75) is 53.0 Å². The zero-order valence-electron chi connectivity index (χ0n) is 11.0. The van der Waals surface area contributed by atoms with Crippen molar-refractivity contribution in [3.05, 3.63) is 21.9 Å². The van der Waals surface area contributed by atoms with Crippen molar-refractivity contribution in [1.29, 1.82) is 0 Å². The number of thiophene rings is 1. The predicted molar refractivity (Wildman–Crippen MR) is 74.2 cm³/mol. The van der Waals surface area contributed by atoms with Gasteiger partial charge >= 0.3 is 0 Å². The molecule has 0 amide bonds. The maximum atomic E-state index is 3.65. The van der Waals surface area contributed by atoms with Crippen LogP contribution in [0, 0.1) is 5.92 Å². The van der Waals surface area contributed by atoms with Gasteiger partial charge in [-0.3, -0.25) is 0 Å². The van der Waals surface area contributed by atoms with Gasteiger partial charge in [0.2, 0.25) is 0 Å². The second kappa shape index (κ2) is 7.08. The molecule has 2 heteroatoms. The van der Waals surface area contributed by atoms with Crippen molar-refractivity contribution in [3.8, 4) is 0 Å². The van der Waals surface area contributed by atoms with Crippen molar-refractivity contribution >= 4 is 11.3 Å². The third-order valence-corrected chi connectivity index (χ3v) is 4.74. The highest BCUT2D eigenvalue weighted by Crippen LogP contribution is 2.23. The molecule has 1 unspecified atom stereocenters. The summed E-state index contributed by atoms with van der Waals surface area (Å²) in [6.45, 7) is 10.2. The fourth-order valence-corrected chi connectivity index (χ4v) is 2.82. The number of aryl methyl sites for hydroxylation is 1. The van der Waals surface area contributed by atoms with Crippen LogP contribution in [0.4, 0.5) is 0 Å². The van der Waals surface area contributed by atoms with Gasteiger partial charge in [-0.05, 0) is 37.9 Å². The Kier molecular flexibility index (Phi) is 6.07. The first-order valence-electron chi connectivity index (χ1n) is 6.53. The summed E-state index contributed by atoms with van der Waals surface area (Å²) in [4.78, 5) is 2.97. The average Bonchev–Trinajstić information content (AvgIpc) is 2.78. The van der Waals surface area contributed by atoms with E-state index >= 15 is 0 Å². The predicted octanol–water partition coefficient (Wildman–Crippen LogP) is 4.40. The van der Waals surface area contributed by atoms with Crippen molar-refractivity contribution in [3.63, 3.8) is 0 Å². The van der Waals surface area contributed by atoms with Gasteiger partial charge < -0.3 is 5.32 Å². The smallest absolute Gasteiger partial charge is 0.0386 e. The van der Waals surface area contributed by atoms with E-state index in [1.54, 1.807) is 0 Å². The highest BCUT2D eigenvalue weighted by Gasteiger charge is 2.10. The molecule has 0 aliphatic carbocycles. The van der Waals surface area contributed by atoms with E-state index in [2.05, 4.69) is 45.1 Å². The van der Waals surface area contributed by atoms with E-state index in [1.165, 1.54) is 22.6 Å².